The van der Waals surface area contributed by atoms with Crippen molar-refractivity contribution in [1.82, 2.24) is 20.4 Å². The van der Waals surface area contributed by atoms with Gasteiger partial charge in [-0.05, 0) is 24.7 Å². The van der Waals surface area contributed by atoms with Gasteiger partial charge in [0, 0.05) is 19.6 Å². The number of halogens is 2. The molecule has 1 aliphatic rings. The molecular formula is C15H18F2N4O2. The Kier molecular flexibility index (Phi) is 4.82. The molecule has 0 aliphatic carbocycles. The van der Waals surface area contributed by atoms with Gasteiger partial charge in [0.1, 0.15) is 5.75 Å². The first-order chi connectivity index (χ1) is 11.1. The number of ether oxygens (including phenoxy) is 1. The second kappa shape index (κ2) is 7.01. The zero-order chi connectivity index (χ0) is 16.2. The third-order valence-corrected chi connectivity index (χ3v) is 3.77. The summed E-state index contributed by atoms with van der Waals surface area (Å²) in [6.45, 7) is -0.210. The lowest BCUT2D eigenvalue weighted by Crippen LogP contribution is -2.44. The van der Waals surface area contributed by atoms with E-state index >= 15 is 0 Å². The first-order valence-electron chi connectivity index (χ1n) is 7.39. The number of likely N-dealkylation sites (N-methyl/N-ethyl adjacent to an activating group) is 1. The molecule has 1 aromatic heterocycles. The van der Waals surface area contributed by atoms with Crippen molar-refractivity contribution >= 4 is 0 Å². The van der Waals surface area contributed by atoms with Crippen molar-refractivity contribution in [3.05, 3.63) is 41.5 Å². The number of nitrogens with zero attached hydrogens (tertiary/aromatic N) is 3. The highest BCUT2D eigenvalue weighted by molar-refractivity contribution is 5.30. The van der Waals surface area contributed by atoms with E-state index in [1.807, 2.05) is 7.05 Å². The second-order valence-corrected chi connectivity index (χ2v) is 5.45. The van der Waals surface area contributed by atoms with E-state index < -0.39 is 6.61 Å². The van der Waals surface area contributed by atoms with Crippen LogP contribution in [-0.2, 0) is 6.42 Å². The summed E-state index contributed by atoms with van der Waals surface area (Å²) < 4.78 is 34.2. The predicted octanol–water partition coefficient (Wildman–Crippen LogP) is 1.84. The third-order valence-electron chi connectivity index (χ3n) is 3.77. The van der Waals surface area contributed by atoms with Crippen LogP contribution in [0.15, 0.2) is 28.8 Å². The fourth-order valence-electron chi connectivity index (χ4n) is 2.58. The van der Waals surface area contributed by atoms with Crippen LogP contribution in [0.2, 0.25) is 0 Å². The molecule has 2 aromatic rings. The lowest BCUT2D eigenvalue weighted by Gasteiger charge is -2.30. The fraction of sp³-hybridized carbons (Fsp3) is 0.467. The Labute approximate surface area is 132 Å². The summed E-state index contributed by atoms with van der Waals surface area (Å²) in [5.41, 5.74) is 0.772. The molecule has 0 saturated carbocycles. The maximum Gasteiger partial charge on any atom is 0.387 e. The minimum atomic E-state index is -2.84. The Balaban J connectivity index is 1.69. The molecule has 1 aliphatic heterocycles. The van der Waals surface area contributed by atoms with Crippen LogP contribution in [0, 0.1) is 0 Å². The summed E-state index contributed by atoms with van der Waals surface area (Å²) in [5, 5.41) is 7.34. The standard InChI is InChI=1S/C15H18F2N4O2/c1-21-6-5-18-9-12(21)14-19-13(23-20-14)8-10-3-2-4-11(7-10)22-15(16)17/h2-4,7,12,15,18H,5-6,8-9H2,1H3. The van der Waals surface area contributed by atoms with Gasteiger partial charge in [0.25, 0.3) is 0 Å². The van der Waals surface area contributed by atoms with Gasteiger partial charge in [-0.25, -0.2) is 0 Å². The van der Waals surface area contributed by atoms with Gasteiger partial charge in [0.2, 0.25) is 5.89 Å². The van der Waals surface area contributed by atoms with E-state index in [0.717, 1.165) is 25.2 Å². The lowest BCUT2D eigenvalue weighted by molar-refractivity contribution is -0.0498. The van der Waals surface area contributed by atoms with E-state index in [-0.39, 0.29) is 11.8 Å². The number of hydrogen-bond acceptors (Lipinski definition) is 6. The summed E-state index contributed by atoms with van der Waals surface area (Å²) in [5.74, 6) is 1.20. The van der Waals surface area contributed by atoms with Gasteiger partial charge in [-0.3, -0.25) is 4.90 Å². The smallest absolute Gasteiger partial charge is 0.387 e. The number of piperazine rings is 1. The molecule has 0 spiro atoms. The maximum atomic E-state index is 12.3. The van der Waals surface area contributed by atoms with Gasteiger partial charge in [0.15, 0.2) is 5.82 Å². The minimum absolute atomic E-state index is 0.0785. The number of hydrogen-bond donors (Lipinski definition) is 1. The van der Waals surface area contributed by atoms with Crippen LogP contribution in [0.1, 0.15) is 23.3 Å². The third kappa shape index (κ3) is 4.02. The van der Waals surface area contributed by atoms with Crippen LogP contribution in [0.3, 0.4) is 0 Å². The molecule has 1 fully saturated rings. The van der Waals surface area contributed by atoms with Crippen molar-refractivity contribution < 1.29 is 18.0 Å². The SMILES string of the molecule is CN1CCNCC1c1noc(Cc2cccc(OC(F)F)c2)n1. The molecule has 0 bridgehead atoms. The van der Waals surface area contributed by atoms with Gasteiger partial charge >= 0.3 is 6.61 Å². The predicted molar refractivity (Wildman–Crippen MR) is 78.4 cm³/mol. The van der Waals surface area contributed by atoms with Gasteiger partial charge < -0.3 is 14.6 Å². The lowest BCUT2D eigenvalue weighted by atomic mass is 10.1. The summed E-state index contributed by atoms with van der Waals surface area (Å²) in [6, 6.07) is 6.57. The molecular weight excluding hydrogens is 306 g/mol. The van der Waals surface area contributed by atoms with Gasteiger partial charge in [-0.2, -0.15) is 13.8 Å². The second-order valence-electron chi connectivity index (χ2n) is 5.45. The van der Waals surface area contributed by atoms with Crippen molar-refractivity contribution in [3.63, 3.8) is 0 Å². The summed E-state index contributed by atoms with van der Waals surface area (Å²) in [6.07, 6.45) is 0.372. The molecule has 0 radical (unpaired) electrons. The van der Waals surface area contributed by atoms with E-state index in [0.29, 0.717) is 18.1 Å². The van der Waals surface area contributed by atoms with Gasteiger partial charge in [-0.1, -0.05) is 17.3 Å². The van der Waals surface area contributed by atoms with Crippen LogP contribution in [-0.4, -0.2) is 48.3 Å². The normalized spacial score (nSPS) is 19.2. The monoisotopic (exact) mass is 324 g/mol. The van der Waals surface area contributed by atoms with E-state index in [2.05, 4.69) is 25.1 Å². The van der Waals surface area contributed by atoms with Crippen molar-refractivity contribution in [2.45, 2.75) is 19.1 Å². The highest BCUT2D eigenvalue weighted by atomic mass is 19.3. The summed E-state index contributed by atoms with van der Waals surface area (Å²) >= 11 is 0. The topological polar surface area (TPSA) is 63.4 Å². The van der Waals surface area contributed by atoms with Crippen molar-refractivity contribution in [2.75, 3.05) is 26.7 Å². The van der Waals surface area contributed by atoms with Crippen molar-refractivity contribution in [3.8, 4) is 5.75 Å². The van der Waals surface area contributed by atoms with Crippen LogP contribution in [0.5, 0.6) is 5.75 Å². The molecule has 8 heteroatoms. The van der Waals surface area contributed by atoms with E-state index in [1.54, 1.807) is 18.2 Å². The largest absolute Gasteiger partial charge is 0.435 e. The van der Waals surface area contributed by atoms with Crippen molar-refractivity contribution in [2.24, 2.45) is 0 Å². The Morgan fingerprint density at radius 3 is 3.13 bits per heavy atom. The molecule has 1 N–H and O–H groups in total. The number of benzene rings is 1. The van der Waals surface area contributed by atoms with Crippen molar-refractivity contribution in [1.29, 1.82) is 0 Å². The maximum absolute atomic E-state index is 12.3. The molecule has 0 amide bonds. The Morgan fingerprint density at radius 1 is 1.48 bits per heavy atom. The zero-order valence-electron chi connectivity index (χ0n) is 12.7. The molecule has 1 unspecified atom stereocenters. The summed E-state index contributed by atoms with van der Waals surface area (Å²) in [4.78, 5) is 6.59. The number of nitrogens with one attached hydrogen (secondary N) is 1. The number of aromatic nitrogens is 2. The van der Waals surface area contributed by atoms with Gasteiger partial charge in [-0.15, -0.1) is 0 Å². The quantitative estimate of drug-likeness (QED) is 0.905. The van der Waals surface area contributed by atoms with E-state index in [1.165, 1.54) is 6.07 Å². The van der Waals surface area contributed by atoms with E-state index in [9.17, 15) is 8.78 Å². The van der Waals surface area contributed by atoms with E-state index in [4.69, 9.17) is 4.52 Å². The number of rotatable bonds is 5. The van der Waals surface area contributed by atoms with Crippen LogP contribution < -0.4 is 10.1 Å². The highest BCUT2D eigenvalue weighted by Gasteiger charge is 2.25. The Hall–Kier alpha value is -2.06. The summed E-state index contributed by atoms with van der Waals surface area (Å²) in [7, 11) is 2.02. The fourth-order valence-corrected chi connectivity index (χ4v) is 2.58. The zero-order valence-corrected chi connectivity index (χ0v) is 12.7. The molecule has 1 atom stereocenters. The average Bonchev–Trinajstić information content (AvgIpc) is 2.95. The van der Waals surface area contributed by atoms with Gasteiger partial charge in [0.05, 0.1) is 12.5 Å². The molecule has 1 saturated heterocycles. The molecule has 2 heterocycles. The molecule has 23 heavy (non-hydrogen) atoms. The molecule has 1 aromatic carbocycles. The molecule has 3 rings (SSSR count). The minimum Gasteiger partial charge on any atom is -0.435 e. The highest BCUT2D eigenvalue weighted by Crippen LogP contribution is 2.20. The molecule has 124 valence electrons. The van der Waals surface area contributed by atoms with Crippen LogP contribution in [0.25, 0.3) is 0 Å². The average molecular weight is 324 g/mol. The first kappa shape index (κ1) is 15.8. The van der Waals surface area contributed by atoms with Crippen LogP contribution >= 0.6 is 0 Å². The first-order valence-corrected chi connectivity index (χ1v) is 7.39. The molecule has 6 nitrogen and oxygen atoms in total. The Bertz CT molecular complexity index is 650. The number of alkyl halides is 2. The van der Waals surface area contributed by atoms with Crippen LogP contribution in [0.4, 0.5) is 8.78 Å². The Morgan fingerprint density at radius 2 is 2.35 bits per heavy atom.